The van der Waals surface area contributed by atoms with Crippen LogP contribution in [-0.4, -0.2) is 25.3 Å². The lowest BCUT2D eigenvalue weighted by molar-refractivity contribution is 0.942. The minimum absolute atomic E-state index is 0.0570. The Labute approximate surface area is 49.8 Å². The van der Waals surface area contributed by atoms with Crippen molar-refractivity contribution in [2.24, 2.45) is 16.5 Å². The van der Waals surface area contributed by atoms with Crippen molar-refractivity contribution < 1.29 is 0 Å². The second-order valence-electron chi connectivity index (χ2n) is 1.70. The minimum atomic E-state index is 0.0570. The number of hydrogen-bond acceptors (Lipinski definition) is 3. The molecule has 0 aliphatic heterocycles. The van der Waals surface area contributed by atoms with Crippen molar-refractivity contribution in [3.8, 4) is 0 Å². The Kier molecular flexibility index (Phi) is 4.50. The number of nitrogens with two attached hydrogens (primary N) is 2. The van der Waals surface area contributed by atoms with E-state index in [2.05, 4.69) is 4.99 Å². The van der Waals surface area contributed by atoms with E-state index in [-0.39, 0.29) is 6.04 Å². The van der Waals surface area contributed by atoms with Crippen LogP contribution >= 0.6 is 0 Å². The monoisotopic (exact) mass is 115 g/mol. The Morgan fingerprint density at radius 3 is 2.75 bits per heavy atom. The molecule has 3 heteroatoms. The molecule has 48 valence electrons. The first-order valence-electron chi connectivity index (χ1n) is 2.73. The highest BCUT2D eigenvalue weighted by Crippen LogP contribution is 1.67. The lowest BCUT2D eigenvalue weighted by atomic mass is 10.4. The first-order valence-corrected chi connectivity index (χ1v) is 2.73. The summed E-state index contributed by atoms with van der Waals surface area (Å²) in [5, 5.41) is 0. The van der Waals surface area contributed by atoms with E-state index in [4.69, 9.17) is 11.5 Å². The predicted octanol–water partition coefficient (Wildman–Crippen LogP) is -0.637. The van der Waals surface area contributed by atoms with E-state index >= 15 is 0 Å². The summed E-state index contributed by atoms with van der Waals surface area (Å²) in [7, 11) is 0. The smallest absolute Gasteiger partial charge is 0.0508 e. The lowest BCUT2D eigenvalue weighted by Crippen LogP contribution is -2.16. The van der Waals surface area contributed by atoms with Crippen molar-refractivity contribution in [1.29, 1.82) is 0 Å². The number of aliphatic imine (C=N–C) groups is 1. The van der Waals surface area contributed by atoms with Crippen molar-refractivity contribution in [3.63, 3.8) is 0 Å². The fourth-order valence-corrected chi connectivity index (χ4v) is 0.315. The van der Waals surface area contributed by atoms with Gasteiger partial charge in [-0.25, -0.2) is 0 Å². The predicted molar refractivity (Wildman–Crippen MR) is 36.1 cm³/mol. The van der Waals surface area contributed by atoms with Crippen LogP contribution in [0.2, 0.25) is 0 Å². The molecule has 0 rings (SSSR count). The fraction of sp³-hybridized carbons (Fsp3) is 0.800. The molecule has 0 spiro atoms. The van der Waals surface area contributed by atoms with Crippen LogP contribution in [0, 0.1) is 0 Å². The van der Waals surface area contributed by atoms with Crippen LogP contribution in [0.25, 0.3) is 0 Å². The highest BCUT2D eigenvalue weighted by Gasteiger charge is 1.81. The zero-order valence-electron chi connectivity index (χ0n) is 5.17. The second-order valence-corrected chi connectivity index (χ2v) is 1.70. The van der Waals surface area contributed by atoms with Gasteiger partial charge < -0.3 is 11.5 Å². The van der Waals surface area contributed by atoms with Gasteiger partial charge in [0.2, 0.25) is 0 Å². The van der Waals surface area contributed by atoms with Gasteiger partial charge in [-0.1, -0.05) is 0 Å². The molecular weight excluding hydrogens is 102 g/mol. The molecule has 0 fully saturated rings. The van der Waals surface area contributed by atoms with Crippen LogP contribution in [0.4, 0.5) is 0 Å². The topological polar surface area (TPSA) is 64.4 Å². The van der Waals surface area contributed by atoms with Crippen LogP contribution in [-0.2, 0) is 0 Å². The normalized spacial score (nSPS) is 14.9. The molecule has 0 radical (unpaired) electrons. The van der Waals surface area contributed by atoms with Gasteiger partial charge in [-0.2, -0.15) is 0 Å². The van der Waals surface area contributed by atoms with Crippen LogP contribution in [0.5, 0.6) is 0 Å². The maximum absolute atomic E-state index is 5.34. The van der Waals surface area contributed by atoms with Gasteiger partial charge in [0.05, 0.1) is 6.54 Å². The number of nitrogens with zero attached hydrogens (tertiary/aromatic N) is 1. The maximum Gasteiger partial charge on any atom is 0.0508 e. The largest absolute Gasteiger partial charge is 0.329 e. The average molecular weight is 115 g/mol. The van der Waals surface area contributed by atoms with E-state index in [0.717, 1.165) is 0 Å². The summed E-state index contributed by atoms with van der Waals surface area (Å²) in [6.45, 7) is 3.16. The third kappa shape index (κ3) is 5.59. The number of rotatable bonds is 3. The van der Waals surface area contributed by atoms with Crippen molar-refractivity contribution in [2.75, 3.05) is 13.1 Å². The molecular formula is C5H13N3. The summed E-state index contributed by atoms with van der Waals surface area (Å²) in [6.07, 6.45) is 1.70. The Morgan fingerprint density at radius 2 is 2.38 bits per heavy atom. The molecule has 0 heterocycles. The summed E-state index contributed by atoms with van der Waals surface area (Å²) < 4.78 is 0. The van der Waals surface area contributed by atoms with Crippen molar-refractivity contribution >= 4 is 6.21 Å². The molecule has 0 aliphatic rings. The van der Waals surface area contributed by atoms with E-state index < -0.39 is 0 Å². The van der Waals surface area contributed by atoms with E-state index in [9.17, 15) is 0 Å². The Bertz CT molecular complexity index is 68.1. The average Bonchev–Trinajstić information content (AvgIpc) is 1.66. The van der Waals surface area contributed by atoms with Crippen molar-refractivity contribution in [1.82, 2.24) is 0 Å². The van der Waals surface area contributed by atoms with E-state index in [1.165, 1.54) is 0 Å². The molecule has 3 nitrogen and oxygen atoms in total. The first-order chi connectivity index (χ1) is 3.77. The molecule has 0 amide bonds. The molecule has 8 heavy (non-hydrogen) atoms. The summed E-state index contributed by atoms with van der Waals surface area (Å²) in [4.78, 5) is 3.91. The lowest BCUT2D eigenvalue weighted by Gasteiger charge is -1.91. The standard InChI is InChI=1S/C5H13N3/c1-5(7)4-8-3-2-6/h4-5H,2-3,6-7H2,1H3. The first kappa shape index (κ1) is 7.59. The Hall–Kier alpha value is -0.410. The van der Waals surface area contributed by atoms with Gasteiger partial charge in [-0.15, -0.1) is 0 Å². The van der Waals surface area contributed by atoms with Crippen LogP contribution in [0.1, 0.15) is 6.92 Å². The van der Waals surface area contributed by atoms with Gasteiger partial charge in [0.1, 0.15) is 0 Å². The summed E-state index contributed by atoms with van der Waals surface area (Å²) in [5.74, 6) is 0. The van der Waals surface area contributed by atoms with Gasteiger partial charge in [0, 0.05) is 18.8 Å². The van der Waals surface area contributed by atoms with Gasteiger partial charge in [-0.3, -0.25) is 4.99 Å². The molecule has 1 atom stereocenters. The second kappa shape index (κ2) is 4.74. The van der Waals surface area contributed by atoms with Crippen molar-refractivity contribution in [2.45, 2.75) is 13.0 Å². The molecule has 0 saturated heterocycles. The summed E-state index contributed by atoms with van der Waals surface area (Å²) >= 11 is 0. The van der Waals surface area contributed by atoms with Gasteiger partial charge in [0.15, 0.2) is 0 Å². The van der Waals surface area contributed by atoms with E-state index in [1.54, 1.807) is 6.21 Å². The molecule has 0 aliphatic carbocycles. The molecule has 0 aromatic carbocycles. The zero-order chi connectivity index (χ0) is 6.41. The zero-order valence-corrected chi connectivity index (χ0v) is 5.17. The molecule has 4 N–H and O–H groups in total. The van der Waals surface area contributed by atoms with Crippen LogP contribution in [0.15, 0.2) is 4.99 Å². The Morgan fingerprint density at radius 1 is 1.75 bits per heavy atom. The number of hydrogen-bond donors (Lipinski definition) is 2. The van der Waals surface area contributed by atoms with Crippen molar-refractivity contribution in [3.05, 3.63) is 0 Å². The summed E-state index contributed by atoms with van der Waals surface area (Å²) in [5.41, 5.74) is 10.5. The third-order valence-electron chi connectivity index (χ3n) is 0.599. The highest BCUT2D eigenvalue weighted by atomic mass is 14.8. The maximum atomic E-state index is 5.34. The molecule has 0 aromatic heterocycles. The molecule has 0 saturated carbocycles. The van der Waals surface area contributed by atoms with Gasteiger partial charge >= 0.3 is 0 Å². The molecule has 0 bridgehead atoms. The van der Waals surface area contributed by atoms with E-state index in [0.29, 0.717) is 13.1 Å². The SMILES string of the molecule is CC(N)C=NCCN. The Balaban J connectivity index is 3.07. The quantitative estimate of drug-likeness (QED) is 0.481. The van der Waals surface area contributed by atoms with Gasteiger partial charge in [-0.05, 0) is 6.92 Å². The van der Waals surface area contributed by atoms with Crippen LogP contribution in [0.3, 0.4) is 0 Å². The highest BCUT2D eigenvalue weighted by molar-refractivity contribution is 5.63. The van der Waals surface area contributed by atoms with Crippen LogP contribution < -0.4 is 11.5 Å². The molecule has 1 unspecified atom stereocenters. The summed E-state index contributed by atoms with van der Waals surface area (Å²) in [6, 6.07) is 0.0570. The fourth-order valence-electron chi connectivity index (χ4n) is 0.315. The molecule has 0 aromatic rings. The van der Waals surface area contributed by atoms with E-state index in [1.807, 2.05) is 6.92 Å². The minimum Gasteiger partial charge on any atom is -0.329 e. The van der Waals surface area contributed by atoms with Gasteiger partial charge in [0.25, 0.3) is 0 Å². The third-order valence-corrected chi connectivity index (χ3v) is 0.599.